The molecule has 0 aliphatic carbocycles. The van der Waals surface area contributed by atoms with Crippen LogP contribution >= 0.6 is 0 Å². The van der Waals surface area contributed by atoms with E-state index < -0.39 is 29.5 Å². The van der Waals surface area contributed by atoms with Gasteiger partial charge in [-0.05, 0) is 44.6 Å². The number of aliphatic hydroxyl groups is 1. The highest BCUT2D eigenvalue weighted by atomic mass is 19.1. The number of alkyl halides is 1. The highest BCUT2D eigenvalue weighted by Gasteiger charge is 2.33. The summed E-state index contributed by atoms with van der Waals surface area (Å²) < 4.78 is 13.9. The number of nitrogens with one attached hydrogen (secondary N) is 1. The molecule has 0 spiro atoms. The van der Waals surface area contributed by atoms with Gasteiger partial charge in [-0.2, -0.15) is 0 Å². The Morgan fingerprint density at radius 1 is 1.38 bits per heavy atom. The number of primary amides is 1. The minimum Gasteiger partial charge on any atom is -0.393 e. The van der Waals surface area contributed by atoms with E-state index in [0.717, 1.165) is 12.5 Å². The summed E-state index contributed by atoms with van der Waals surface area (Å²) in [6, 6.07) is 9.45. The maximum Gasteiger partial charge on any atom is 0.254 e. The van der Waals surface area contributed by atoms with E-state index >= 15 is 0 Å². The number of aliphatic hydroxyl groups excluding tert-OH is 1. The summed E-state index contributed by atoms with van der Waals surface area (Å²) >= 11 is 0. The van der Waals surface area contributed by atoms with Crippen LogP contribution in [-0.2, 0) is 16.0 Å². The van der Waals surface area contributed by atoms with Crippen LogP contribution in [0.3, 0.4) is 0 Å². The van der Waals surface area contributed by atoms with E-state index in [1.54, 1.807) is 6.42 Å². The molecule has 6 nitrogen and oxygen atoms in total. The van der Waals surface area contributed by atoms with Crippen LogP contribution in [0.15, 0.2) is 30.3 Å². The van der Waals surface area contributed by atoms with Gasteiger partial charge >= 0.3 is 0 Å². The monoisotopic (exact) mass is 339 g/mol. The van der Waals surface area contributed by atoms with Crippen LogP contribution in [0, 0.1) is 12.3 Å². The number of halogens is 1. The molecule has 133 valence electrons. The van der Waals surface area contributed by atoms with E-state index in [4.69, 9.17) is 10.9 Å². The first-order valence-corrected chi connectivity index (χ1v) is 7.74. The number of amides is 2. The van der Waals surface area contributed by atoms with Gasteiger partial charge in [-0.25, -0.2) is 9.87 Å². The summed E-state index contributed by atoms with van der Waals surface area (Å²) in [6.45, 7) is 1.04. The minimum absolute atomic E-state index is 0.00800. The second kappa shape index (κ2) is 9.34. The predicted octanol–water partition coefficient (Wildman–Crippen LogP) is 1.30. The zero-order valence-electron chi connectivity index (χ0n) is 13.6. The van der Waals surface area contributed by atoms with Crippen LogP contribution < -0.4 is 11.2 Å². The lowest BCUT2D eigenvalue weighted by Crippen LogP contribution is -2.38. The lowest BCUT2D eigenvalue weighted by molar-refractivity contribution is -0.136. The Balaban J connectivity index is 2.55. The summed E-state index contributed by atoms with van der Waals surface area (Å²) in [5, 5.41) is 18.8. The number of carbonyl (C=O) groups excluding carboxylic acids is 2. The third-order valence-electron chi connectivity index (χ3n) is 3.95. The Labute approximate surface area is 140 Å². The highest BCUT2D eigenvalue weighted by molar-refractivity contribution is 5.83. The fourth-order valence-corrected chi connectivity index (χ4v) is 2.29. The van der Waals surface area contributed by atoms with Crippen molar-refractivity contribution in [3.8, 4) is 0 Å². The highest BCUT2D eigenvalue weighted by Crippen LogP contribution is 2.24. The van der Waals surface area contributed by atoms with Crippen LogP contribution in [0.1, 0.15) is 31.7 Å². The standard InChI is InChI=1S/C17H24FN2O4/c1-17(18,16(19)23)10-9-13(15(22)20-24)11-14(21)8-7-12-5-3-2-4-6-12/h2-6,8,13-14,21,24H,7,9-11H2,1H3,(H2,19,23)(H,20,22)/t13-,14+,17?/m1/s1. The molecule has 1 rings (SSSR count). The van der Waals surface area contributed by atoms with Gasteiger partial charge in [0.25, 0.3) is 5.91 Å². The summed E-state index contributed by atoms with van der Waals surface area (Å²) in [7, 11) is 0. The number of hydroxylamine groups is 1. The van der Waals surface area contributed by atoms with Gasteiger partial charge in [0.05, 0.1) is 6.10 Å². The van der Waals surface area contributed by atoms with Crippen molar-refractivity contribution in [3.63, 3.8) is 0 Å². The van der Waals surface area contributed by atoms with Gasteiger partial charge in [-0.3, -0.25) is 14.8 Å². The maximum absolute atomic E-state index is 13.9. The number of benzene rings is 1. The van der Waals surface area contributed by atoms with Crippen LogP contribution in [-0.4, -0.2) is 33.9 Å². The predicted molar refractivity (Wildman–Crippen MR) is 86.4 cm³/mol. The van der Waals surface area contributed by atoms with Crippen molar-refractivity contribution in [2.24, 2.45) is 11.7 Å². The lowest BCUT2D eigenvalue weighted by atomic mass is 9.89. The SMILES string of the molecule is CC(F)(CC[C@H](C[C@@H](O)[CH]Cc1ccccc1)C(=O)NO)C(N)=O. The van der Waals surface area contributed by atoms with Gasteiger partial charge in [0, 0.05) is 5.92 Å². The van der Waals surface area contributed by atoms with Gasteiger partial charge in [0.15, 0.2) is 5.67 Å². The third kappa shape index (κ3) is 6.64. The van der Waals surface area contributed by atoms with Gasteiger partial charge in [-0.15, -0.1) is 0 Å². The van der Waals surface area contributed by atoms with E-state index in [1.165, 1.54) is 5.48 Å². The summed E-state index contributed by atoms with van der Waals surface area (Å²) in [5.41, 5.74) is 5.23. The molecule has 0 aliphatic rings. The number of rotatable bonds is 10. The van der Waals surface area contributed by atoms with Crippen molar-refractivity contribution in [1.82, 2.24) is 5.48 Å². The number of nitrogens with two attached hydrogens (primary N) is 1. The topological polar surface area (TPSA) is 113 Å². The molecule has 0 aromatic heterocycles. The molecule has 0 bridgehead atoms. The normalized spacial score (nSPS) is 16.0. The van der Waals surface area contributed by atoms with Crippen molar-refractivity contribution < 1.29 is 24.3 Å². The lowest BCUT2D eigenvalue weighted by Gasteiger charge is -2.22. The van der Waals surface area contributed by atoms with Crippen LogP contribution in [0.25, 0.3) is 0 Å². The molecule has 3 atom stereocenters. The number of hydrogen-bond donors (Lipinski definition) is 4. The van der Waals surface area contributed by atoms with Crippen LogP contribution in [0.5, 0.6) is 0 Å². The summed E-state index contributed by atoms with van der Waals surface area (Å²) in [6.07, 6.45) is 0.943. The van der Waals surface area contributed by atoms with Crippen LogP contribution in [0.2, 0.25) is 0 Å². The maximum atomic E-state index is 13.9. The third-order valence-corrected chi connectivity index (χ3v) is 3.95. The Hall–Kier alpha value is -1.99. The molecule has 0 heterocycles. The first-order chi connectivity index (χ1) is 11.3. The van der Waals surface area contributed by atoms with Gasteiger partial charge in [0.2, 0.25) is 5.91 Å². The van der Waals surface area contributed by atoms with Crippen LogP contribution in [0.4, 0.5) is 4.39 Å². The Kier molecular flexibility index (Phi) is 7.81. The Morgan fingerprint density at radius 3 is 2.54 bits per heavy atom. The van der Waals surface area contributed by atoms with Gasteiger partial charge < -0.3 is 10.8 Å². The minimum atomic E-state index is -2.24. The smallest absolute Gasteiger partial charge is 0.254 e. The molecule has 7 heteroatoms. The molecular formula is C17H24FN2O4. The fraction of sp³-hybridized carbons (Fsp3) is 0.471. The van der Waals surface area contributed by atoms with E-state index in [0.29, 0.717) is 6.42 Å². The molecule has 5 N–H and O–H groups in total. The summed E-state index contributed by atoms with van der Waals surface area (Å²) in [4.78, 5) is 22.7. The second-order valence-electron chi connectivity index (χ2n) is 6.00. The zero-order valence-corrected chi connectivity index (χ0v) is 13.6. The van der Waals surface area contributed by atoms with Crippen molar-refractivity contribution in [3.05, 3.63) is 42.3 Å². The first-order valence-electron chi connectivity index (χ1n) is 7.74. The molecule has 1 aromatic rings. The average Bonchev–Trinajstić information content (AvgIpc) is 2.56. The quantitative estimate of drug-likeness (QED) is 0.380. The Bertz CT molecular complexity index is 537. The van der Waals surface area contributed by atoms with Crippen molar-refractivity contribution in [2.75, 3.05) is 0 Å². The van der Waals surface area contributed by atoms with Crippen molar-refractivity contribution in [2.45, 2.75) is 44.4 Å². The number of hydrogen-bond acceptors (Lipinski definition) is 4. The molecule has 1 aromatic carbocycles. The molecule has 1 unspecified atom stereocenters. The first kappa shape index (κ1) is 20.1. The van der Waals surface area contributed by atoms with Gasteiger partial charge in [-0.1, -0.05) is 30.3 Å². The molecule has 0 saturated carbocycles. The molecule has 0 aliphatic heterocycles. The Morgan fingerprint density at radius 2 is 2.00 bits per heavy atom. The average molecular weight is 339 g/mol. The second-order valence-corrected chi connectivity index (χ2v) is 6.00. The van der Waals surface area contributed by atoms with Crippen molar-refractivity contribution in [1.29, 1.82) is 0 Å². The largest absolute Gasteiger partial charge is 0.393 e. The molecule has 0 fully saturated rings. The molecular weight excluding hydrogens is 315 g/mol. The van der Waals surface area contributed by atoms with E-state index in [1.807, 2.05) is 30.3 Å². The molecule has 1 radical (unpaired) electrons. The molecule has 2 amide bonds. The van der Waals surface area contributed by atoms with Gasteiger partial charge in [0.1, 0.15) is 0 Å². The molecule has 24 heavy (non-hydrogen) atoms. The van der Waals surface area contributed by atoms with E-state index in [2.05, 4.69) is 0 Å². The molecule has 0 saturated heterocycles. The zero-order chi connectivity index (χ0) is 18.2. The van der Waals surface area contributed by atoms with Crippen molar-refractivity contribution >= 4 is 11.8 Å². The summed E-state index contributed by atoms with van der Waals surface area (Å²) in [5.74, 6) is -2.68. The van der Waals surface area contributed by atoms with E-state index in [9.17, 15) is 19.1 Å². The number of carbonyl (C=O) groups is 2. The van der Waals surface area contributed by atoms with E-state index in [-0.39, 0.29) is 19.3 Å². The fourth-order valence-electron chi connectivity index (χ4n) is 2.29.